The highest BCUT2D eigenvalue weighted by Crippen LogP contribution is 2.45. The zero-order valence-electron chi connectivity index (χ0n) is 24.1. The fourth-order valence-electron chi connectivity index (χ4n) is 5.77. The number of carbonyl (C=O) groups excluding carboxylic acids is 2. The summed E-state index contributed by atoms with van der Waals surface area (Å²) in [7, 11) is 3.50. The Balaban J connectivity index is 1.22. The Kier molecular flexibility index (Phi) is 8.43. The number of halogens is 2. The zero-order chi connectivity index (χ0) is 29.4. The Morgan fingerprint density at radius 1 is 1.22 bits per heavy atom. The molecule has 1 aliphatic carbocycles. The number of ether oxygens (including phenoxy) is 1. The SMILES string of the molecule is Cc1cc(C(=O)N(C)C)ccc1CCSN1CCC2(CC1)N=C(c1cccc(OC(C)(F)F)c1C1CCC1)NC2=O. The zero-order valence-corrected chi connectivity index (χ0v) is 25.0. The average Bonchev–Trinajstić information content (AvgIpc) is 3.20. The molecule has 1 saturated carbocycles. The molecular weight excluding hydrogens is 546 g/mol. The standard InChI is InChI=1S/C31H38F2N4O3S/c1-20-19-23(28(38)36(3)4)12-11-21(20)13-18-41-37-16-14-31(15-17-37)29(39)34-27(35-31)24-9-6-10-25(40-30(2,32)33)26(24)22-7-5-8-22/h6,9-12,19,22H,5,7-8,13-18H2,1-4H3,(H,34,35,39). The molecule has 7 nitrogen and oxygen atoms in total. The molecule has 1 saturated heterocycles. The van der Waals surface area contributed by atoms with Crippen molar-refractivity contribution in [3.05, 3.63) is 64.2 Å². The maximum atomic E-state index is 13.8. The number of benzene rings is 2. The predicted molar refractivity (Wildman–Crippen MR) is 158 cm³/mol. The number of nitrogens with zero attached hydrogens (tertiary/aromatic N) is 3. The van der Waals surface area contributed by atoms with Crippen molar-refractivity contribution < 1.29 is 23.1 Å². The van der Waals surface area contributed by atoms with Crippen LogP contribution in [0.4, 0.5) is 8.78 Å². The lowest BCUT2D eigenvalue weighted by molar-refractivity contribution is -0.159. The molecule has 10 heteroatoms. The summed E-state index contributed by atoms with van der Waals surface area (Å²) in [6.07, 6.45) is 1.62. The maximum absolute atomic E-state index is 13.8. The molecule has 3 aliphatic rings. The Hall–Kier alpha value is -2.98. The van der Waals surface area contributed by atoms with E-state index in [1.54, 1.807) is 43.1 Å². The van der Waals surface area contributed by atoms with Gasteiger partial charge in [-0.2, -0.15) is 8.78 Å². The first-order chi connectivity index (χ1) is 19.5. The van der Waals surface area contributed by atoms with Gasteiger partial charge in [0.1, 0.15) is 17.1 Å². The second kappa shape index (κ2) is 11.7. The number of hydrogen-bond donors (Lipinski definition) is 1. The van der Waals surface area contributed by atoms with E-state index in [4.69, 9.17) is 9.73 Å². The van der Waals surface area contributed by atoms with E-state index in [0.29, 0.717) is 29.8 Å². The van der Waals surface area contributed by atoms with Crippen LogP contribution in [0, 0.1) is 6.92 Å². The van der Waals surface area contributed by atoms with Crippen LogP contribution >= 0.6 is 11.9 Å². The molecule has 0 bridgehead atoms. The molecule has 2 heterocycles. The van der Waals surface area contributed by atoms with Crippen molar-refractivity contribution in [2.24, 2.45) is 4.99 Å². The quantitative estimate of drug-likeness (QED) is 0.391. The molecule has 0 unspecified atom stereocenters. The molecule has 2 aromatic carbocycles. The lowest BCUT2D eigenvalue weighted by Crippen LogP contribution is -2.47. The summed E-state index contributed by atoms with van der Waals surface area (Å²) in [5.41, 5.74) is 3.60. The van der Waals surface area contributed by atoms with Crippen LogP contribution in [0.25, 0.3) is 0 Å². The molecule has 1 spiro atoms. The number of rotatable bonds is 9. The van der Waals surface area contributed by atoms with E-state index in [2.05, 4.69) is 9.62 Å². The summed E-state index contributed by atoms with van der Waals surface area (Å²) in [4.78, 5) is 32.0. The van der Waals surface area contributed by atoms with Crippen molar-refractivity contribution in [3.8, 4) is 5.75 Å². The van der Waals surface area contributed by atoms with Gasteiger partial charge in [-0.05, 0) is 74.3 Å². The normalized spacial score (nSPS) is 19.1. The van der Waals surface area contributed by atoms with Crippen molar-refractivity contribution in [2.75, 3.05) is 32.9 Å². The number of amidine groups is 1. The molecule has 0 aromatic heterocycles. The molecule has 1 N–H and O–H groups in total. The lowest BCUT2D eigenvalue weighted by atomic mass is 9.77. The van der Waals surface area contributed by atoms with Gasteiger partial charge >= 0.3 is 6.11 Å². The first-order valence-corrected chi connectivity index (χ1v) is 15.2. The molecule has 41 heavy (non-hydrogen) atoms. The topological polar surface area (TPSA) is 74.2 Å². The van der Waals surface area contributed by atoms with Crippen LogP contribution in [0.1, 0.15) is 77.6 Å². The van der Waals surface area contributed by atoms with Crippen molar-refractivity contribution in [1.29, 1.82) is 0 Å². The number of carbonyl (C=O) groups is 2. The fourth-order valence-corrected chi connectivity index (χ4v) is 6.78. The number of aliphatic imine (C=N–C) groups is 1. The fraction of sp³-hybridized carbons (Fsp3) is 0.516. The van der Waals surface area contributed by atoms with Crippen molar-refractivity contribution in [3.63, 3.8) is 0 Å². The number of piperidine rings is 1. The second-order valence-electron chi connectivity index (χ2n) is 11.6. The summed E-state index contributed by atoms with van der Waals surface area (Å²) in [6, 6.07) is 11.0. The highest BCUT2D eigenvalue weighted by molar-refractivity contribution is 7.97. The summed E-state index contributed by atoms with van der Waals surface area (Å²) < 4.78 is 34.9. The molecule has 0 radical (unpaired) electrons. The Bertz CT molecular complexity index is 1350. The first kappa shape index (κ1) is 29.5. The average molecular weight is 585 g/mol. The largest absolute Gasteiger partial charge is 0.432 e. The van der Waals surface area contributed by atoms with Crippen molar-refractivity contribution >= 4 is 29.6 Å². The maximum Gasteiger partial charge on any atom is 0.394 e. The predicted octanol–water partition coefficient (Wildman–Crippen LogP) is 5.56. The van der Waals surface area contributed by atoms with E-state index in [9.17, 15) is 18.4 Å². The third-order valence-electron chi connectivity index (χ3n) is 8.29. The number of alkyl halides is 2. The molecule has 2 amide bonds. The second-order valence-corrected chi connectivity index (χ2v) is 12.7. The van der Waals surface area contributed by atoms with E-state index in [-0.39, 0.29) is 23.5 Å². The summed E-state index contributed by atoms with van der Waals surface area (Å²) in [6.45, 7) is 4.23. The molecule has 2 aliphatic heterocycles. The lowest BCUT2D eigenvalue weighted by Gasteiger charge is -2.34. The highest BCUT2D eigenvalue weighted by Gasteiger charge is 2.46. The molecule has 5 rings (SSSR count). The summed E-state index contributed by atoms with van der Waals surface area (Å²) in [5.74, 6) is 1.53. The number of amides is 2. The van der Waals surface area contributed by atoms with Crippen LogP contribution < -0.4 is 10.1 Å². The van der Waals surface area contributed by atoms with Gasteiger partial charge in [-0.1, -0.05) is 36.6 Å². The monoisotopic (exact) mass is 584 g/mol. The first-order valence-electron chi connectivity index (χ1n) is 14.3. The highest BCUT2D eigenvalue weighted by atomic mass is 32.2. The third-order valence-corrected chi connectivity index (χ3v) is 9.41. The van der Waals surface area contributed by atoms with Crippen LogP contribution in [-0.4, -0.2) is 71.4 Å². The van der Waals surface area contributed by atoms with Gasteiger partial charge in [0, 0.05) is 56.6 Å². The van der Waals surface area contributed by atoms with E-state index >= 15 is 0 Å². The number of nitrogens with one attached hydrogen (secondary N) is 1. The number of hydrogen-bond acceptors (Lipinski definition) is 6. The van der Waals surface area contributed by atoms with Gasteiger partial charge in [0.2, 0.25) is 0 Å². The molecular formula is C31H38F2N4O3S. The minimum Gasteiger partial charge on any atom is -0.432 e. The van der Waals surface area contributed by atoms with Gasteiger partial charge in [-0.3, -0.25) is 18.9 Å². The van der Waals surface area contributed by atoms with Crippen LogP contribution in [-0.2, 0) is 11.2 Å². The Morgan fingerprint density at radius 2 is 1.95 bits per heavy atom. The van der Waals surface area contributed by atoms with Gasteiger partial charge in [0.15, 0.2) is 0 Å². The van der Waals surface area contributed by atoms with E-state index in [1.165, 1.54) is 5.56 Å². The van der Waals surface area contributed by atoms with E-state index < -0.39 is 11.6 Å². The Labute approximate surface area is 244 Å². The molecule has 0 atom stereocenters. The minimum atomic E-state index is -3.29. The van der Waals surface area contributed by atoms with E-state index in [0.717, 1.165) is 62.6 Å². The van der Waals surface area contributed by atoms with Gasteiger partial charge in [-0.25, -0.2) is 0 Å². The molecule has 2 aromatic rings. The van der Waals surface area contributed by atoms with Gasteiger partial charge < -0.3 is 15.0 Å². The van der Waals surface area contributed by atoms with Gasteiger partial charge in [-0.15, -0.1) is 0 Å². The molecule has 2 fully saturated rings. The van der Waals surface area contributed by atoms with Gasteiger partial charge in [0.25, 0.3) is 11.8 Å². The molecule has 220 valence electrons. The van der Waals surface area contributed by atoms with Crippen LogP contribution in [0.3, 0.4) is 0 Å². The summed E-state index contributed by atoms with van der Waals surface area (Å²) in [5, 5.41) is 2.98. The van der Waals surface area contributed by atoms with Crippen LogP contribution in [0.2, 0.25) is 0 Å². The van der Waals surface area contributed by atoms with Crippen LogP contribution in [0.15, 0.2) is 41.4 Å². The van der Waals surface area contributed by atoms with Gasteiger partial charge in [0.05, 0.1) is 0 Å². The third kappa shape index (κ3) is 6.43. The Morgan fingerprint density at radius 3 is 2.56 bits per heavy atom. The minimum absolute atomic E-state index is 0.000782. The number of aryl methyl sites for hydroxylation is 2. The van der Waals surface area contributed by atoms with Crippen molar-refractivity contribution in [1.82, 2.24) is 14.5 Å². The smallest absolute Gasteiger partial charge is 0.394 e. The van der Waals surface area contributed by atoms with Crippen LogP contribution in [0.5, 0.6) is 5.75 Å². The van der Waals surface area contributed by atoms with E-state index in [1.807, 2.05) is 31.2 Å². The summed E-state index contributed by atoms with van der Waals surface area (Å²) >= 11 is 1.77. The van der Waals surface area contributed by atoms with Crippen molar-refractivity contribution in [2.45, 2.75) is 69.9 Å².